The fraction of sp³-hybridized carbons (Fsp3) is 0.250. The third-order valence-electron chi connectivity index (χ3n) is 3.93. The van der Waals surface area contributed by atoms with E-state index in [1.165, 1.54) is 43.5 Å². The monoisotopic (exact) mass is 525 g/mol. The van der Waals surface area contributed by atoms with E-state index in [0.29, 0.717) is 11.2 Å². The average Bonchev–Trinajstić information content (AvgIpc) is 2.73. The second-order valence-corrected chi connectivity index (χ2v) is 7.85. The van der Waals surface area contributed by atoms with Crippen LogP contribution in [0.3, 0.4) is 0 Å². The number of ether oxygens (including phenoxy) is 2. The summed E-state index contributed by atoms with van der Waals surface area (Å²) in [5.74, 6) is -1.95. The maximum atomic E-state index is 14.6. The number of benzene rings is 2. The van der Waals surface area contributed by atoms with Crippen LogP contribution in [0.15, 0.2) is 41.6 Å². The molecule has 2 aromatic rings. The maximum absolute atomic E-state index is 14.6. The number of hydrogen-bond acceptors (Lipinski definition) is 7. The van der Waals surface area contributed by atoms with Crippen LogP contribution in [0.1, 0.15) is 20.7 Å². The van der Waals surface area contributed by atoms with Crippen molar-refractivity contribution in [1.82, 2.24) is 0 Å². The van der Waals surface area contributed by atoms with E-state index in [1.54, 1.807) is 0 Å². The van der Waals surface area contributed by atoms with Crippen molar-refractivity contribution in [3.8, 4) is 0 Å². The van der Waals surface area contributed by atoms with Gasteiger partial charge in [-0.3, -0.25) is 0 Å². The lowest BCUT2D eigenvalue weighted by molar-refractivity contribution is -0.0594. The van der Waals surface area contributed by atoms with E-state index in [4.69, 9.17) is 55.9 Å². The molecule has 2 rings (SSSR count). The number of halogens is 5. The van der Waals surface area contributed by atoms with E-state index >= 15 is 0 Å². The van der Waals surface area contributed by atoms with Gasteiger partial charge < -0.3 is 19.4 Å². The molecule has 0 radical (unpaired) electrons. The highest BCUT2D eigenvalue weighted by atomic mass is 35.5. The van der Waals surface area contributed by atoms with E-state index in [9.17, 15) is 19.1 Å². The average molecular weight is 527 g/mol. The smallest absolute Gasteiger partial charge is 0.340 e. The molecule has 32 heavy (non-hydrogen) atoms. The predicted octanol–water partition coefficient (Wildman–Crippen LogP) is 5.01. The summed E-state index contributed by atoms with van der Waals surface area (Å²) in [7, 11) is 1.17. The van der Waals surface area contributed by atoms with Crippen molar-refractivity contribution in [1.29, 1.82) is 0 Å². The summed E-state index contributed by atoms with van der Waals surface area (Å²) in [5, 5.41) is 14.2. The molecule has 0 heterocycles. The van der Waals surface area contributed by atoms with Crippen LogP contribution in [0.5, 0.6) is 0 Å². The molecule has 172 valence electrons. The summed E-state index contributed by atoms with van der Waals surface area (Å²) >= 11 is 23.5. The highest BCUT2D eigenvalue weighted by molar-refractivity contribution is 6.37. The van der Waals surface area contributed by atoms with Crippen molar-refractivity contribution < 1.29 is 33.4 Å². The zero-order chi connectivity index (χ0) is 23.8. The first-order chi connectivity index (χ1) is 15.1. The lowest BCUT2D eigenvalue weighted by Crippen LogP contribution is -2.43. The Morgan fingerprint density at radius 3 is 2.06 bits per heavy atom. The van der Waals surface area contributed by atoms with E-state index in [1.807, 2.05) is 0 Å². The maximum Gasteiger partial charge on any atom is 0.340 e. The van der Waals surface area contributed by atoms with Gasteiger partial charge in [0, 0.05) is 10.0 Å². The number of oxime groups is 1. The third kappa shape index (κ3) is 7.21. The zero-order valence-electron chi connectivity index (χ0n) is 16.3. The summed E-state index contributed by atoms with van der Waals surface area (Å²) in [5.41, 5.74) is -0.142. The molecule has 0 amide bonds. The second-order valence-electron chi connectivity index (χ2n) is 6.17. The Hall–Kier alpha value is -2.10. The third-order valence-corrected chi connectivity index (χ3v) is 5.03. The number of carbonyl (C=O) groups is 2. The first-order valence-corrected chi connectivity index (χ1v) is 10.3. The molecule has 12 heteroatoms. The van der Waals surface area contributed by atoms with Crippen molar-refractivity contribution in [2.24, 2.45) is 5.16 Å². The highest BCUT2D eigenvalue weighted by Crippen LogP contribution is 2.24. The summed E-state index contributed by atoms with van der Waals surface area (Å²) < 4.78 is 24.7. The number of alkyl halides is 1. The van der Waals surface area contributed by atoms with Crippen LogP contribution in [-0.2, 0) is 14.3 Å². The number of nitrogens with zero attached hydrogens (tertiary/aromatic N) is 1. The van der Waals surface area contributed by atoms with Crippen LogP contribution in [0.25, 0.3) is 0 Å². The van der Waals surface area contributed by atoms with Crippen molar-refractivity contribution >= 4 is 64.6 Å². The first kappa shape index (κ1) is 26.2. The number of aliphatic hydroxyl groups excluding tert-OH is 1. The molecule has 0 aliphatic carbocycles. The molecule has 0 unspecified atom stereocenters. The molecular weight excluding hydrogens is 511 g/mol. The molecule has 0 aromatic heterocycles. The number of esters is 2. The number of carbonyl (C=O) groups excluding carboxylic acids is 2. The molecule has 0 aliphatic heterocycles. The van der Waals surface area contributed by atoms with Crippen LogP contribution >= 0.6 is 46.4 Å². The van der Waals surface area contributed by atoms with Crippen LogP contribution in [0.4, 0.5) is 4.39 Å². The van der Waals surface area contributed by atoms with Gasteiger partial charge in [-0.05, 0) is 36.4 Å². The Bertz CT molecular complexity index is 1010. The van der Waals surface area contributed by atoms with Gasteiger partial charge in [0.25, 0.3) is 0 Å². The summed E-state index contributed by atoms with van der Waals surface area (Å²) in [6.07, 6.45) is -5.04. The van der Waals surface area contributed by atoms with Crippen LogP contribution in [-0.4, -0.2) is 55.4 Å². The Morgan fingerprint density at radius 2 is 1.56 bits per heavy atom. The largest absolute Gasteiger partial charge is 0.459 e. The van der Waals surface area contributed by atoms with Gasteiger partial charge in [0.05, 0.1) is 27.4 Å². The summed E-state index contributed by atoms with van der Waals surface area (Å²) in [4.78, 5) is 29.1. The quantitative estimate of drug-likeness (QED) is 0.280. The van der Waals surface area contributed by atoms with Crippen molar-refractivity contribution in [2.45, 2.75) is 18.4 Å². The number of aliphatic hydroxyl groups is 1. The van der Waals surface area contributed by atoms with Gasteiger partial charge in [0.2, 0.25) is 0 Å². The van der Waals surface area contributed by atoms with Gasteiger partial charge in [-0.1, -0.05) is 51.6 Å². The van der Waals surface area contributed by atoms with Crippen LogP contribution < -0.4 is 0 Å². The van der Waals surface area contributed by atoms with Gasteiger partial charge >= 0.3 is 11.9 Å². The SMILES string of the molecule is CON=C[C@@H](F)[C@H](OC(=O)c1ccc(Cl)cc1Cl)[C@H](O)COC(=O)c1ccc(Cl)cc1Cl. The minimum atomic E-state index is -2.11. The molecule has 0 spiro atoms. The van der Waals surface area contributed by atoms with E-state index in [0.717, 1.165) is 0 Å². The van der Waals surface area contributed by atoms with E-state index in [-0.39, 0.29) is 26.2 Å². The Kier molecular flexibility index (Phi) is 9.99. The molecule has 2 aromatic carbocycles. The Morgan fingerprint density at radius 1 is 1.03 bits per heavy atom. The fourth-order valence-corrected chi connectivity index (χ4v) is 3.36. The highest BCUT2D eigenvalue weighted by Gasteiger charge is 2.33. The van der Waals surface area contributed by atoms with Crippen molar-refractivity contribution in [3.63, 3.8) is 0 Å². The minimum absolute atomic E-state index is 0.0212. The van der Waals surface area contributed by atoms with Crippen molar-refractivity contribution in [3.05, 3.63) is 67.6 Å². The molecule has 7 nitrogen and oxygen atoms in total. The topological polar surface area (TPSA) is 94.4 Å². The Labute approximate surface area is 202 Å². The number of rotatable bonds is 9. The molecular formula is C20H16Cl4FNO6. The van der Waals surface area contributed by atoms with Gasteiger partial charge in [0.15, 0.2) is 12.3 Å². The second kappa shape index (κ2) is 12.2. The summed E-state index contributed by atoms with van der Waals surface area (Å²) in [6.45, 7) is -0.731. The molecule has 3 atom stereocenters. The van der Waals surface area contributed by atoms with E-state index < -0.39 is 36.9 Å². The molecule has 0 fully saturated rings. The minimum Gasteiger partial charge on any atom is -0.459 e. The standard InChI is InChI=1S/C20H16Cl4FNO6/c1-30-26-8-16(25)18(32-20(29)13-5-3-11(22)7-15(13)24)17(27)9-31-19(28)12-4-2-10(21)6-14(12)23/h2-8,16-18,27H,9H2,1H3/t16-,17-,18+/m1/s1. The lowest BCUT2D eigenvalue weighted by Gasteiger charge is -2.24. The molecule has 0 saturated heterocycles. The van der Waals surface area contributed by atoms with Gasteiger partial charge in [0.1, 0.15) is 19.8 Å². The molecule has 0 saturated carbocycles. The predicted molar refractivity (Wildman–Crippen MR) is 119 cm³/mol. The van der Waals surface area contributed by atoms with Gasteiger partial charge in [-0.25, -0.2) is 14.0 Å². The molecule has 1 N–H and O–H groups in total. The fourth-order valence-electron chi connectivity index (χ4n) is 2.39. The zero-order valence-corrected chi connectivity index (χ0v) is 19.3. The normalized spacial score (nSPS) is 14.0. The number of hydrogen-bond donors (Lipinski definition) is 1. The molecule has 0 aliphatic rings. The van der Waals surface area contributed by atoms with Gasteiger partial charge in [-0.15, -0.1) is 0 Å². The van der Waals surface area contributed by atoms with E-state index in [2.05, 4.69) is 9.99 Å². The van der Waals surface area contributed by atoms with Crippen molar-refractivity contribution in [2.75, 3.05) is 13.7 Å². The first-order valence-electron chi connectivity index (χ1n) is 8.81. The summed E-state index contributed by atoms with van der Waals surface area (Å²) in [6, 6.07) is 8.02. The van der Waals surface area contributed by atoms with Crippen LogP contribution in [0.2, 0.25) is 20.1 Å². The Balaban J connectivity index is 2.15. The lowest BCUT2D eigenvalue weighted by atomic mass is 10.1. The molecule has 0 bridgehead atoms. The van der Waals surface area contributed by atoms with Crippen LogP contribution in [0, 0.1) is 0 Å². The van der Waals surface area contributed by atoms with Gasteiger partial charge in [-0.2, -0.15) is 0 Å².